The van der Waals surface area contributed by atoms with Crippen LogP contribution < -0.4 is 16.0 Å². The first-order valence-electron chi connectivity index (χ1n) is 15.5. The summed E-state index contributed by atoms with van der Waals surface area (Å²) in [4.78, 5) is 47.8. The van der Waals surface area contributed by atoms with Crippen molar-refractivity contribution in [3.05, 3.63) is 47.5 Å². The number of rotatable bonds is 20. The third-order valence-corrected chi connectivity index (χ3v) is 9.94. The molecule has 0 aromatic heterocycles. The summed E-state index contributed by atoms with van der Waals surface area (Å²) in [5.74, 6) is -1.56. The van der Waals surface area contributed by atoms with Crippen LogP contribution in [0.5, 0.6) is 0 Å². The monoisotopic (exact) mass is 649 g/mol. The zero-order chi connectivity index (χ0) is 32.9. The number of ether oxygens (including phenoxy) is 1. The molecule has 11 heteroatoms. The lowest BCUT2D eigenvalue weighted by Crippen LogP contribution is -2.40. The normalized spacial score (nSPS) is 18.5. The van der Waals surface area contributed by atoms with Gasteiger partial charge in [0.05, 0.1) is 12.5 Å². The van der Waals surface area contributed by atoms with E-state index in [2.05, 4.69) is 72.6 Å². The fraction of sp³-hybridized carbons (Fsp3) is 0.636. The van der Waals surface area contributed by atoms with E-state index in [4.69, 9.17) is 4.74 Å². The first-order chi connectivity index (χ1) is 20.7. The number of allylic oxidation sites excluding steroid dienone is 1. The van der Waals surface area contributed by atoms with Gasteiger partial charge >= 0.3 is 11.9 Å². The van der Waals surface area contributed by atoms with Gasteiger partial charge in [0.25, 0.3) is 0 Å². The van der Waals surface area contributed by atoms with Crippen LogP contribution in [0.4, 0.5) is 0 Å². The van der Waals surface area contributed by atoms with Crippen molar-refractivity contribution in [2.45, 2.75) is 90.5 Å². The van der Waals surface area contributed by atoms with Crippen molar-refractivity contribution in [3.8, 4) is 0 Å². The highest BCUT2D eigenvalue weighted by molar-refractivity contribution is 8.69. The maximum atomic E-state index is 12.2. The quantitative estimate of drug-likeness (QED) is 0.0569. The number of carboxylic acid groups (broad SMARTS) is 1. The third kappa shape index (κ3) is 14.1. The summed E-state index contributed by atoms with van der Waals surface area (Å²) in [6.07, 6.45) is 5.25. The molecule has 0 radical (unpaired) electrons. The van der Waals surface area contributed by atoms with Crippen LogP contribution in [0.2, 0.25) is 0 Å². The van der Waals surface area contributed by atoms with Crippen molar-refractivity contribution in [1.29, 1.82) is 0 Å². The van der Waals surface area contributed by atoms with Crippen LogP contribution in [0.3, 0.4) is 0 Å². The van der Waals surface area contributed by atoms with E-state index in [0.29, 0.717) is 17.8 Å². The molecular weight excluding hydrogens is 599 g/mol. The Morgan fingerprint density at radius 1 is 1.11 bits per heavy atom. The van der Waals surface area contributed by atoms with Gasteiger partial charge < -0.3 is 25.8 Å². The van der Waals surface area contributed by atoms with Crippen molar-refractivity contribution in [2.24, 2.45) is 23.7 Å². The van der Waals surface area contributed by atoms with Crippen LogP contribution in [0, 0.1) is 23.7 Å². The number of amides is 2. The molecular formula is C33H51N3O6S2. The summed E-state index contributed by atoms with van der Waals surface area (Å²) in [5.41, 5.74) is 2.68. The van der Waals surface area contributed by atoms with Crippen LogP contribution in [-0.4, -0.2) is 59.3 Å². The molecule has 2 rings (SSSR count). The van der Waals surface area contributed by atoms with E-state index in [-0.39, 0.29) is 36.1 Å². The first-order valence-corrected chi connectivity index (χ1v) is 17.4. The third-order valence-electron chi connectivity index (χ3n) is 7.81. The molecule has 1 aromatic rings. The lowest BCUT2D eigenvalue weighted by Gasteiger charge is -2.21. The van der Waals surface area contributed by atoms with Gasteiger partial charge in [0.15, 0.2) is 6.10 Å². The lowest BCUT2D eigenvalue weighted by molar-refractivity contribution is -0.167. The maximum absolute atomic E-state index is 12.2. The SMILES string of the molecule is CC(C)C[C@H](OC(=O)[C@H](C)CNC(=O)CNC(=O)/C=C/CC[C@H](C)C1C[C@@H]1c1ccc(CNCC(C)(C)SS)cc1)C(=O)O. The highest BCUT2D eigenvalue weighted by Gasteiger charge is 2.41. The Labute approximate surface area is 271 Å². The number of carbonyl (C=O) groups is 4. The lowest BCUT2D eigenvalue weighted by atomic mass is 9.96. The van der Waals surface area contributed by atoms with E-state index in [1.807, 2.05) is 19.9 Å². The average molecular weight is 650 g/mol. The van der Waals surface area contributed by atoms with E-state index in [9.17, 15) is 24.3 Å². The number of aliphatic carboxylic acids is 1. The number of thiol groups is 1. The van der Waals surface area contributed by atoms with Gasteiger partial charge in [-0.25, -0.2) is 4.79 Å². The summed E-state index contributed by atoms with van der Waals surface area (Å²) in [7, 11) is 1.57. The molecule has 2 amide bonds. The smallest absolute Gasteiger partial charge is 0.345 e. The van der Waals surface area contributed by atoms with Gasteiger partial charge in [0.2, 0.25) is 11.8 Å². The minimum Gasteiger partial charge on any atom is -0.479 e. The fourth-order valence-electron chi connectivity index (χ4n) is 4.94. The molecule has 44 heavy (non-hydrogen) atoms. The molecule has 0 aliphatic heterocycles. The Balaban J connectivity index is 1.62. The van der Waals surface area contributed by atoms with E-state index in [1.165, 1.54) is 23.6 Å². The Kier molecular flexibility index (Phi) is 15.8. The largest absolute Gasteiger partial charge is 0.479 e. The first kappa shape index (κ1) is 37.7. The Bertz CT molecular complexity index is 1130. The number of carbonyl (C=O) groups excluding carboxylic acids is 3. The van der Waals surface area contributed by atoms with E-state index < -0.39 is 29.9 Å². The summed E-state index contributed by atoms with van der Waals surface area (Å²) in [5, 5.41) is 17.8. The molecule has 9 nitrogen and oxygen atoms in total. The molecule has 1 saturated carbocycles. The van der Waals surface area contributed by atoms with Gasteiger partial charge in [0.1, 0.15) is 0 Å². The highest BCUT2D eigenvalue weighted by Crippen LogP contribution is 2.52. The van der Waals surface area contributed by atoms with E-state index >= 15 is 0 Å². The molecule has 4 N–H and O–H groups in total. The van der Waals surface area contributed by atoms with Crippen LogP contribution in [-0.2, 0) is 30.5 Å². The Hall–Kier alpha value is -2.50. The molecule has 1 fully saturated rings. The molecule has 1 aromatic carbocycles. The van der Waals surface area contributed by atoms with Gasteiger partial charge in [-0.05, 0) is 80.4 Å². The minimum absolute atomic E-state index is 0.0205. The van der Waals surface area contributed by atoms with Crippen molar-refractivity contribution in [2.75, 3.05) is 19.6 Å². The molecule has 5 atom stereocenters. The molecule has 1 aliphatic carbocycles. The van der Waals surface area contributed by atoms with Gasteiger partial charge in [-0.3, -0.25) is 14.4 Å². The molecule has 246 valence electrons. The van der Waals surface area contributed by atoms with Crippen LogP contribution in [0.25, 0.3) is 0 Å². The predicted molar refractivity (Wildman–Crippen MR) is 179 cm³/mol. The number of benzene rings is 1. The number of hydrogen-bond donors (Lipinski definition) is 5. The van der Waals surface area contributed by atoms with Gasteiger partial charge in [0, 0.05) is 24.4 Å². The minimum atomic E-state index is -1.22. The van der Waals surface area contributed by atoms with Crippen molar-refractivity contribution < 1.29 is 29.0 Å². The second kappa shape index (κ2) is 18.5. The molecule has 0 bridgehead atoms. The molecule has 0 spiro atoms. The molecule has 0 saturated heterocycles. The number of carboxylic acids is 1. The molecule has 1 unspecified atom stereocenters. The molecule has 1 aliphatic rings. The van der Waals surface area contributed by atoms with Crippen LogP contribution >= 0.6 is 22.5 Å². The second-order valence-electron chi connectivity index (χ2n) is 13.0. The summed E-state index contributed by atoms with van der Waals surface area (Å²) < 4.78 is 5.19. The van der Waals surface area contributed by atoms with Crippen molar-refractivity contribution >= 4 is 46.2 Å². The van der Waals surface area contributed by atoms with E-state index in [0.717, 1.165) is 25.9 Å². The summed E-state index contributed by atoms with van der Waals surface area (Å²) in [6.45, 7) is 13.3. The maximum Gasteiger partial charge on any atom is 0.345 e. The summed E-state index contributed by atoms with van der Waals surface area (Å²) >= 11 is 4.33. The zero-order valence-electron chi connectivity index (χ0n) is 26.9. The Morgan fingerprint density at radius 3 is 2.41 bits per heavy atom. The molecule has 0 heterocycles. The van der Waals surface area contributed by atoms with Gasteiger partial charge in [-0.15, -0.1) is 11.7 Å². The topological polar surface area (TPSA) is 134 Å². The standard InChI is InChI=1S/C33H51N3O6S2/c1-21(2)15-28(31(39)40)42-32(41)23(4)17-35-30(38)19-36-29(37)10-8-7-9-22(3)26-16-27(26)25-13-11-24(12-14-25)18-34-20-33(5,6)44-43/h8,10-14,21-23,26-28,34,43H,7,9,15-20H2,1-6H3,(H,35,38)(H,36,37)(H,39,40)/b10-8+/t22-,23+,26?,27+,28-/m0/s1. The zero-order valence-corrected chi connectivity index (χ0v) is 28.6. The van der Waals surface area contributed by atoms with Crippen molar-refractivity contribution in [3.63, 3.8) is 0 Å². The van der Waals surface area contributed by atoms with Crippen LogP contribution in [0.15, 0.2) is 36.4 Å². The van der Waals surface area contributed by atoms with Gasteiger partial charge in [-0.2, -0.15) is 0 Å². The van der Waals surface area contributed by atoms with Crippen molar-refractivity contribution in [1.82, 2.24) is 16.0 Å². The fourth-order valence-corrected chi connectivity index (χ4v) is 5.30. The number of hydrogen-bond acceptors (Lipinski definition) is 8. The average Bonchev–Trinajstić information content (AvgIpc) is 3.77. The van der Waals surface area contributed by atoms with E-state index in [1.54, 1.807) is 17.7 Å². The highest BCUT2D eigenvalue weighted by atomic mass is 33.1. The second-order valence-corrected chi connectivity index (χ2v) is 14.8. The van der Waals surface area contributed by atoms with Gasteiger partial charge in [-0.1, -0.05) is 68.8 Å². The number of esters is 1. The Morgan fingerprint density at radius 2 is 1.80 bits per heavy atom. The van der Waals surface area contributed by atoms with Crippen LogP contribution in [0.1, 0.15) is 84.3 Å². The predicted octanol–water partition coefficient (Wildman–Crippen LogP) is 5.12. The summed E-state index contributed by atoms with van der Waals surface area (Å²) in [6, 6.07) is 8.93. The number of nitrogens with one attached hydrogen (secondary N) is 3.